The highest BCUT2D eigenvalue weighted by Gasteiger charge is 2.21. The number of nitriles is 1. The predicted octanol–water partition coefficient (Wildman–Crippen LogP) is 5.93. The van der Waals surface area contributed by atoms with E-state index >= 15 is 0 Å². The molecule has 0 amide bonds. The Morgan fingerprint density at radius 2 is 1.92 bits per heavy atom. The standard InChI is InChI=1S/C32H32N4O3/c1-5-8-29(27(19-37)21-38-6-2)25-11-13-28(14-12-25)39-20-24-16-30(26-10-7-9-23(15-26)17-33)32-34-31(22(3)4)35-36(32)18-24/h7,9-16,18-19,22,27,29H,6,20-21H2,1-4H3. The van der Waals surface area contributed by atoms with Gasteiger partial charge in [-0.2, -0.15) is 10.4 Å². The zero-order valence-electron chi connectivity index (χ0n) is 22.7. The summed E-state index contributed by atoms with van der Waals surface area (Å²) in [7, 11) is 0. The average Bonchev–Trinajstić information content (AvgIpc) is 3.40. The maximum Gasteiger partial charge on any atom is 0.163 e. The molecule has 0 saturated heterocycles. The summed E-state index contributed by atoms with van der Waals surface area (Å²) < 4.78 is 13.4. The third kappa shape index (κ3) is 6.52. The summed E-state index contributed by atoms with van der Waals surface area (Å²) in [5, 5.41) is 14.1. The molecule has 0 fully saturated rings. The van der Waals surface area contributed by atoms with E-state index < -0.39 is 0 Å². The fourth-order valence-electron chi connectivity index (χ4n) is 4.35. The molecule has 39 heavy (non-hydrogen) atoms. The van der Waals surface area contributed by atoms with E-state index in [4.69, 9.17) is 14.5 Å². The van der Waals surface area contributed by atoms with Gasteiger partial charge in [0.05, 0.1) is 30.1 Å². The van der Waals surface area contributed by atoms with E-state index in [0.29, 0.717) is 31.1 Å². The van der Waals surface area contributed by atoms with Crippen LogP contribution in [0.1, 0.15) is 62.0 Å². The lowest BCUT2D eigenvalue weighted by Gasteiger charge is -2.19. The Bertz CT molecular complexity index is 1540. The molecule has 2 heterocycles. The number of pyridine rings is 1. The van der Waals surface area contributed by atoms with Gasteiger partial charge in [-0.1, -0.05) is 44.0 Å². The molecule has 0 spiro atoms. The monoisotopic (exact) mass is 520 g/mol. The van der Waals surface area contributed by atoms with Crippen molar-refractivity contribution in [1.29, 1.82) is 5.26 Å². The summed E-state index contributed by atoms with van der Waals surface area (Å²) in [6.07, 6.45) is 2.85. The van der Waals surface area contributed by atoms with Crippen LogP contribution < -0.4 is 4.74 Å². The molecular formula is C32H32N4O3. The van der Waals surface area contributed by atoms with Gasteiger partial charge in [-0.15, -0.1) is 5.92 Å². The minimum absolute atomic E-state index is 0.176. The van der Waals surface area contributed by atoms with Crippen LogP contribution in [-0.2, 0) is 16.1 Å². The molecule has 4 rings (SSSR count). The third-order valence-corrected chi connectivity index (χ3v) is 6.39. The van der Waals surface area contributed by atoms with Gasteiger partial charge in [-0.3, -0.25) is 0 Å². The van der Waals surface area contributed by atoms with Gasteiger partial charge >= 0.3 is 0 Å². The number of aldehydes is 1. The summed E-state index contributed by atoms with van der Waals surface area (Å²) in [5.41, 5.74) is 4.96. The predicted molar refractivity (Wildman–Crippen MR) is 150 cm³/mol. The Labute approximate surface area is 229 Å². The highest BCUT2D eigenvalue weighted by Crippen LogP contribution is 2.29. The van der Waals surface area contributed by atoms with Crippen LogP contribution in [0.25, 0.3) is 16.8 Å². The van der Waals surface area contributed by atoms with Crippen molar-refractivity contribution in [3.8, 4) is 34.8 Å². The smallest absolute Gasteiger partial charge is 0.163 e. The summed E-state index contributed by atoms with van der Waals surface area (Å²) in [5.74, 6) is 7.14. The summed E-state index contributed by atoms with van der Waals surface area (Å²) >= 11 is 0. The van der Waals surface area contributed by atoms with E-state index in [1.807, 2.05) is 61.7 Å². The van der Waals surface area contributed by atoms with Crippen LogP contribution >= 0.6 is 0 Å². The first-order valence-corrected chi connectivity index (χ1v) is 13.0. The molecule has 0 bridgehead atoms. The summed E-state index contributed by atoms with van der Waals surface area (Å²) in [4.78, 5) is 16.5. The van der Waals surface area contributed by atoms with E-state index in [1.165, 1.54) is 0 Å². The number of rotatable bonds is 11. The van der Waals surface area contributed by atoms with E-state index in [9.17, 15) is 10.1 Å². The van der Waals surface area contributed by atoms with Crippen LogP contribution in [-0.4, -0.2) is 34.1 Å². The zero-order valence-corrected chi connectivity index (χ0v) is 22.7. The minimum Gasteiger partial charge on any atom is -0.489 e. The maximum atomic E-state index is 11.7. The van der Waals surface area contributed by atoms with Gasteiger partial charge in [-0.05, 0) is 55.3 Å². The van der Waals surface area contributed by atoms with Gasteiger partial charge in [0.1, 0.15) is 18.6 Å². The molecule has 7 heteroatoms. The lowest BCUT2D eigenvalue weighted by molar-refractivity contribution is -0.113. The van der Waals surface area contributed by atoms with Crippen molar-refractivity contribution in [2.45, 2.75) is 46.1 Å². The molecule has 2 atom stereocenters. The number of benzene rings is 2. The molecule has 0 saturated carbocycles. The number of nitrogens with zero attached hydrogens (tertiary/aromatic N) is 4. The van der Waals surface area contributed by atoms with Crippen molar-refractivity contribution in [2.24, 2.45) is 5.92 Å². The molecule has 7 nitrogen and oxygen atoms in total. The highest BCUT2D eigenvalue weighted by molar-refractivity contribution is 5.78. The van der Waals surface area contributed by atoms with Crippen molar-refractivity contribution < 1.29 is 14.3 Å². The molecule has 0 aliphatic carbocycles. The number of carbonyl (C=O) groups excluding carboxylic acids is 1. The lowest BCUT2D eigenvalue weighted by Crippen LogP contribution is -2.19. The molecule has 2 unspecified atom stereocenters. The van der Waals surface area contributed by atoms with Crippen molar-refractivity contribution in [3.05, 3.63) is 83.3 Å². The number of hydrogen-bond acceptors (Lipinski definition) is 6. The van der Waals surface area contributed by atoms with E-state index in [2.05, 4.69) is 36.9 Å². The topological polar surface area (TPSA) is 89.5 Å². The first-order chi connectivity index (χ1) is 19.0. The molecule has 0 N–H and O–H groups in total. The molecule has 2 aromatic carbocycles. The molecule has 198 valence electrons. The molecule has 0 aliphatic rings. The summed E-state index contributed by atoms with van der Waals surface area (Å²) in [6.45, 7) is 9.00. The normalized spacial score (nSPS) is 12.4. The van der Waals surface area contributed by atoms with E-state index in [1.54, 1.807) is 17.5 Å². The van der Waals surface area contributed by atoms with Crippen LogP contribution in [0, 0.1) is 29.1 Å². The second-order valence-corrected chi connectivity index (χ2v) is 9.54. The number of hydrogen-bond donors (Lipinski definition) is 0. The molecule has 0 radical (unpaired) electrons. The number of aromatic nitrogens is 3. The largest absolute Gasteiger partial charge is 0.489 e. The molecule has 2 aromatic heterocycles. The third-order valence-electron chi connectivity index (χ3n) is 6.39. The minimum atomic E-state index is -0.340. The Morgan fingerprint density at radius 1 is 1.13 bits per heavy atom. The number of fused-ring (bicyclic) bond motifs is 1. The molecule has 4 aromatic rings. The van der Waals surface area contributed by atoms with Gasteiger partial charge < -0.3 is 14.3 Å². The van der Waals surface area contributed by atoms with E-state index in [-0.39, 0.29) is 17.8 Å². The van der Waals surface area contributed by atoms with Gasteiger partial charge in [0, 0.05) is 29.8 Å². The molecule has 0 aliphatic heterocycles. The van der Waals surface area contributed by atoms with Crippen LogP contribution in [0.4, 0.5) is 0 Å². The van der Waals surface area contributed by atoms with E-state index in [0.717, 1.165) is 40.0 Å². The van der Waals surface area contributed by atoms with Crippen LogP contribution in [0.2, 0.25) is 0 Å². The second-order valence-electron chi connectivity index (χ2n) is 9.54. The average molecular weight is 521 g/mol. The zero-order chi connectivity index (χ0) is 27.8. The van der Waals surface area contributed by atoms with Crippen molar-refractivity contribution >= 4 is 11.9 Å². The highest BCUT2D eigenvalue weighted by atomic mass is 16.5. The van der Waals surface area contributed by atoms with Crippen molar-refractivity contribution in [1.82, 2.24) is 14.6 Å². The Kier molecular flexibility index (Phi) is 9.10. The van der Waals surface area contributed by atoms with Gasteiger partial charge in [-0.25, -0.2) is 9.50 Å². The van der Waals surface area contributed by atoms with Gasteiger partial charge in [0.15, 0.2) is 11.5 Å². The Morgan fingerprint density at radius 3 is 2.59 bits per heavy atom. The van der Waals surface area contributed by atoms with Crippen molar-refractivity contribution in [3.63, 3.8) is 0 Å². The Balaban J connectivity index is 1.60. The summed E-state index contributed by atoms with van der Waals surface area (Å²) in [6, 6.07) is 19.4. The van der Waals surface area contributed by atoms with Gasteiger partial charge in [0.25, 0.3) is 0 Å². The maximum absolute atomic E-state index is 11.7. The van der Waals surface area contributed by atoms with Crippen LogP contribution in [0.3, 0.4) is 0 Å². The second kappa shape index (κ2) is 12.9. The fourth-order valence-corrected chi connectivity index (χ4v) is 4.35. The molecular weight excluding hydrogens is 488 g/mol. The first-order valence-electron chi connectivity index (χ1n) is 13.0. The SMILES string of the molecule is CC#CC(c1ccc(OCc2cc(-c3cccc(C#N)c3)c3nc(C(C)C)nn3c2)cc1)C(C=O)COCC. The Hall–Kier alpha value is -4.46. The van der Waals surface area contributed by atoms with Crippen LogP contribution in [0.5, 0.6) is 5.75 Å². The van der Waals surface area contributed by atoms with Crippen molar-refractivity contribution in [2.75, 3.05) is 13.2 Å². The van der Waals surface area contributed by atoms with Gasteiger partial charge in [0.2, 0.25) is 0 Å². The number of carbonyl (C=O) groups is 1. The van der Waals surface area contributed by atoms with Crippen LogP contribution in [0.15, 0.2) is 60.8 Å². The first kappa shape index (κ1) is 27.6. The number of ether oxygens (including phenoxy) is 2. The lowest BCUT2D eigenvalue weighted by atomic mass is 9.87. The fraction of sp³-hybridized carbons (Fsp3) is 0.312. The quantitative estimate of drug-likeness (QED) is 0.180.